The highest BCUT2D eigenvalue weighted by atomic mass is 28.5. The fraction of sp³-hybridized carbons (Fsp3) is 1.00. The molecule has 0 aliphatic heterocycles. The van der Waals surface area contributed by atoms with Gasteiger partial charge in [0.25, 0.3) is 0 Å². The summed E-state index contributed by atoms with van der Waals surface area (Å²) in [5.41, 5.74) is 0. The Kier molecular flexibility index (Phi) is 9.50. The SMILES string of the molecule is CCC(C)CO[Si](C)(C)O[Si](C)(C)OCCCC(C)C. The molecule has 20 heavy (non-hydrogen) atoms. The second-order valence-electron chi connectivity index (χ2n) is 7.11. The van der Waals surface area contributed by atoms with Gasteiger partial charge in [-0.2, -0.15) is 0 Å². The van der Waals surface area contributed by atoms with Gasteiger partial charge in [-0.15, -0.1) is 0 Å². The van der Waals surface area contributed by atoms with E-state index in [1.807, 2.05) is 0 Å². The standard InChI is InChI=1S/C15H36O3Si2/c1-9-15(4)13-17-20(7,8)18-19(5,6)16-12-10-11-14(2)3/h14-15H,9-13H2,1-8H3. The van der Waals surface area contributed by atoms with Crippen LogP contribution in [0.3, 0.4) is 0 Å². The first-order chi connectivity index (χ1) is 9.08. The first-order valence-corrected chi connectivity index (χ1v) is 13.7. The summed E-state index contributed by atoms with van der Waals surface area (Å²) in [5.74, 6) is 1.34. The van der Waals surface area contributed by atoms with Gasteiger partial charge in [-0.05, 0) is 50.9 Å². The summed E-state index contributed by atoms with van der Waals surface area (Å²) < 4.78 is 18.3. The lowest BCUT2D eigenvalue weighted by Gasteiger charge is -2.33. The van der Waals surface area contributed by atoms with E-state index in [1.165, 1.54) is 6.42 Å². The normalized spacial score (nSPS) is 14.8. The minimum absolute atomic E-state index is 0.599. The first-order valence-electron chi connectivity index (χ1n) is 8.06. The fourth-order valence-electron chi connectivity index (χ4n) is 1.92. The van der Waals surface area contributed by atoms with Crippen molar-refractivity contribution in [3.63, 3.8) is 0 Å². The molecule has 0 aromatic carbocycles. The zero-order valence-corrected chi connectivity index (χ0v) is 16.9. The minimum Gasteiger partial charge on any atom is -0.415 e. The number of rotatable bonds is 11. The van der Waals surface area contributed by atoms with Gasteiger partial charge < -0.3 is 13.0 Å². The molecule has 0 aromatic heterocycles. The Labute approximate surface area is 128 Å². The maximum absolute atomic E-state index is 6.26. The smallest absolute Gasteiger partial charge is 0.322 e. The van der Waals surface area contributed by atoms with Gasteiger partial charge in [0.05, 0.1) is 0 Å². The van der Waals surface area contributed by atoms with E-state index in [-0.39, 0.29) is 0 Å². The van der Waals surface area contributed by atoms with E-state index < -0.39 is 17.1 Å². The zero-order valence-electron chi connectivity index (χ0n) is 14.9. The van der Waals surface area contributed by atoms with Gasteiger partial charge in [-0.1, -0.05) is 34.1 Å². The van der Waals surface area contributed by atoms with Crippen molar-refractivity contribution in [2.45, 2.75) is 73.1 Å². The predicted octanol–water partition coefficient (Wildman–Crippen LogP) is 4.92. The molecule has 0 spiro atoms. The van der Waals surface area contributed by atoms with Crippen LogP contribution in [0.4, 0.5) is 0 Å². The van der Waals surface area contributed by atoms with Crippen LogP contribution in [-0.4, -0.2) is 30.3 Å². The van der Waals surface area contributed by atoms with Crippen molar-refractivity contribution in [1.29, 1.82) is 0 Å². The van der Waals surface area contributed by atoms with Crippen LogP contribution in [-0.2, 0) is 13.0 Å². The monoisotopic (exact) mass is 320 g/mol. The first kappa shape index (κ1) is 20.3. The van der Waals surface area contributed by atoms with E-state index >= 15 is 0 Å². The molecule has 0 saturated heterocycles. The van der Waals surface area contributed by atoms with Crippen molar-refractivity contribution >= 4 is 17.1 Å². The average Bonchev–Trinajstić information content (AvgIpc) is 2.30. The molecule has 0 rings (SSSR count). The summed E-state index contributed by atoms with van der Waals surface area (Å²) in [6, 6.07) is 0. The van der Waals surface area contributed by atoms with Crippen molar-refractivity contribution < 1.29 is 13.0 Å². The Morgan fingerprint density at radius 2 is 1.45 bits per heavy atom. The minimum atomic E-state index is -2.06. The number of hydrogen-bond acceptors (Lipinski definition) is 3. The summed E-state index contributed by atoms with van der Waals surface area (Å²) in [6.45, 7) is 19.0. The van der Waals surface area contributed by atoms with E-state index in [4.69, 9.17) is 13.0 Å². The van der Waals surface area contributed by atoms with Crippen molar-refractivity contribution in [3.8, 4) is 0 Å². The lowest BCUT2D eigenvalue weighted by Crippen LogP contribution is -2.49. The molecule has 0 N–H and O–H groups in total. The van der Waals surface area contributed by atoms with Gasteiger partial charge in [0, 0.05) is 13.2 Å². The zero-order chi connectivity index (χ0) is 15.8. The van der Waals surface area contributed by atoms with Crippen molar-refractivity contribution in [2.24, 2.45) is 11.8 Å². The largest absolute Gasteiger partial charge is 0.415 e. The van der Waals surface area contributed by atoms with Gasteiger partial charge >= 0.3 is 17.1 Å². The molecule has 0 aromatic rings. The van der Waals surface area contributed by atoms with E-state index in [1.54, 1.807) is 0 Å². The quantitative estimate of drug-likeness (QED) is 0.399. The van der Waals surface area contributed by atoms with Gasteiger partial charge in [-0.3, -0.25) is 0 Å². The molecule has 1 atom stereocenters. The molecule has 122 valence electrons. The van der Waals surface area contributed by atoms with E-state index in [9.17, 15) is 0 Å². The molecule has 0 aliphatic rings. The van der Waals surface area contributed by atoms with Crippen LogP contribution < -0.4 is 0 Å². The molecular weight excluding hydrogens is 284 g/mol. The molecule has 0 saturated carbocycles. The molecule has 0 amide bonds. The highest BCUT2D eigenvalue weighted by Crippen LogP contribution is 2.19. The number of hydrogen-bond donors (Lipinski definition) is 0. The summed E-state index contributed by atoms with van der Waals surface area (Å²) in [6.07, 6.45) is 3.49. The second kappa shape index (κ2) is 9.36. The maximum Gasteiger partial charge on any atom is 0.322 e. The summed E-state index contributed by atoms with van der Waals surface area (Å²) in [5, 5.41) is 0. The fourth-order valence-corrected chi connectivity index (χ4v) is 8.45. The lowest BCUT2D eigenvalue weighted by atomic mass is 10.1. The van der Waals surface area contributed by atoms with E-state index in [0.29, 0.717) is 5.92 Å². The third-order valence-electron chi connectivity index (χ3n) is 3.28. The van der Waals surface area contributed by atoms with Crippen molar-refractivity contribution in [3.05, 3.63) is 0 Å². The van der Waals surface area contributed by atoms with Crippen LogP contribution in [0, 0.1) is 11.8 Å². The van der Waals surface area contributed by atoms with Crippen LogP contribution in [0.5, 0.6) is 0 Å². The highest BCUT2D eigenvalue weighted by molar-refractivity contribution is 6.78. The van der Waals surface area contributed by atoms with E-state index in [0.717, 1.165) is 32.0 Å². The van der Waals surface area contributed by atoms with Gasteiger partial charge in [0.2, 0.25) is 0 Å². The Morgan fingerprint density at radius 3 is 1.95 bits per heavy atom. The summed E-state index contributed by atoms with van der Waals surface area (Å²) >= 11 is 0. The molecule has 3 nitrogen and oxygen atoms in total. The maximum atomic E-state index is 6.26. The Morgan fingerprint density at radius 1 is 0.900 bits per heavy atom. The summed E-state index contributed by atoms with van der Waals surface area (Å²) in [7, 11) is -4.12. The summed E-state index contributed by atoms with van der Waals surface area (Å²) in [4.78, 5) is 0. The Balaban J connectivity index is 4.08. The molecule has 1 unspecified atom stereocenters. The van der Waals surface area contributed by atoms with Gasteiger partial charge in [0.1, 0.15) is 0 Å². The van der Waals surface area contributed by atoms with Crippen LogP contribution in [0.1, 0.15) is 47.0 Å². The molecule has 0 aliphatic carbocycles. The molecule has 0 bridgehead atoms. The molecular formula is C15H36O3Si2. The molecule has 5 heteroatoms. The topological polar surface area (TPSA) is 27.7 Å². The van der Waals surface area contributed by atoms with Gasteiger partial charge in [0.15, 0.2) is 0 Å². The van der Waals surface area contributed by atoms with Crippen LogP contribution in [0.2, 0.25) is 26.2 Å². The molecule has 0 fully saturated rings. The van der Waals surface area contributed by atoms with Crippen LogP contribution in [0.25, 0.3) is 0 Å². The van der Waals surface area contributed by atoms with Crippen molar-refractivity contribution in [1.82, 2.24) is 0 Å². The lowest BCUT2D eigenvalue weighted by molar-refractivity contribution is 0.173. The molecule has 0 radical (unpaired) electrons. The third-order valence-corrected chi connectivity index (χ3v) is 8.97. The Hall–Kier alpha value is 0.314. The third kappa shape index (κ3) is 11.0. The second-order valence-corrected chi connectivity index (χ2v) is 14.1. The molecule has 0 heterocycles. The van der Waals surface area contributed by atoms with E-state index in [2.05, 4.69) is 53.9 Å². The van der Waals surface area contributed by atoms with Crippen LogP contribution >= 0.6 is 0 Å². The van der Waals surface area contributed by atoms with Gasteiger partial charge in [-0.25, -0.2) is 0 Å². The predicted molar refractivity (Wildman–Crippen MR) is 91.5 cm³/mol. The van der Waals surface area contributed by atoms with Crippen LogP contribution in [0.15, 0.2) is 0 Å². The Bertz CT molecular complexity index is 256. The van der Waals surface area contributed by atoms with Crippen molar-refractivity contribution in [2.75, 3.05) is 13.2 Å². The highest BCUT2D eigenvalue weighted by Gasteiger charge is 2.36. The average molecular weight is 321 g/mol.